The van der Waals surface area contributed by atoms with Crippen molar-refractivity contribution >= 4 is 12.6 Å². The van der Waals surface area contributed by atoms with Crippen LogP contribution in [0.15, 0.2) is 24.3 Å². The first-order valence-corrected chi connectivity index (χ1v) is 6.03. The van der Waals surface area contributed by atoms with Gasteiger partial charge in [-0.15, -0.1) is 0 Å². The van der Waals surface area contributed by atoms with Crippen LogP contribution < -0.4 is 0 Å². The van der Waals surface area contributed by atoms with E-state index in [2.05, 4.69) is 12.6 Å². The zero-order chi connectivity index (χ0) is 12.9. The molecule has 0 spiro atoms. The number of likely N-dealkylation sites (N-methyl/N-ethyl adjacent to an activating group) is 1. The SMILES string of the molecule is CN(CCS)CCc1ccccc1C(F)(F)F. The Labute approximate surface area is 105 Å². The number of nitrogens with zero attached hydrogens (tertiary/aromatic N) is 1. The van der Waals surface area contributed by atoms with E-state index in [0.717, 1.165) is 12.6 Å². The van der Waals surface area contributed by atoms with Crippen LogP contribution in [0.4, 0.5) is 13.2 Å². The minimum Gasteiger partial charge on any atom is -0.305 e. The van der Waals surface area contributed by atoms with Crippen molar-refractivity contribution in [1.29, 1.82) is 0 Å². The lowest BCUT2D eigenvalue weighted by atomic mass is 10.0. The minimum absolute atomic E-state index is 0.353. The molecule has 0 unspecified atom stereocenters. The third-order valence-electron chi connectivity index (χ3n) is 2.57. The highest BCUT2D eigenvalue weighted by Gasteiger charge is 2.32. The van der Waals surface area contributed by atoms with Gasteiger partial charge in [-0.25, -0.2) is 0 Å². The van der Waals surface area contributed by atoms with E-state index in [9.17, 15) is 13.2 Å². The number of halogens is 3. The molecule has 0 saturated carbocycles. The van der Waals surface area contributed by atoms with Crippen LogP contribution in [0.5, 0.6) is 0 Å². The van der Waals surface area contributed by atoms with Crippen LogP contribution in [0, 0.1) is 0 Å². The summed E-state index contributed by atoms with van der Waals surface area (Å²) in [6.07, 6.45) is -3.86. The minimum atomic E-state index is -4.27. The van der Waals surface area contributed by atoms with Crippen molar-refractivity contribution in [3.63, 3.8) is 0 Å². The van der Waals surface area contributed by atoms with E-state index >= 15 is 0 Å². The van der Waals surface area contributed by atoms with Crippen LogP contribution >= 0.6 is 12.6 Å². The lowest BCUT2D eigenvalue weighted by molar-refractivity contribution is -0.138. The standard InChI is InChI=1S/C12H16F3NS/c1-16(8-9-17)7-6-10-4-2-3-5-11(10)12(13,14)15/h2-5,17H,6-9H2,1H3. The maximum atomic E-state index is 12.7. The molecule has 0 amide bonds. The first-order valence-electron chi connectivity index (χ1n) is 5.39. The molecule has 1 aromatic rings. The molecule has 17 heavy (non-hydrogen) atoms. The molecule has 1 aromatic carbocycles. The zero-order valence-electron chi connectivity index (χ0n) is 9.67. The molecule has 0 N–H and O–H groups in total. The molecular formula is C12H16F3NS. The molecule has 0 atom stereocenters. The van der Waals surface area contributed by atoms with Gasteiger partial charge in [0.05, 0.1) is 5.56 Å². The van der Waals surface area contributed by atoms with E-state index in [4.69, 9.17) is 0 Å². The Morgan fingerprint density at radius 1 is 1.18 bits per heavy atom. The van der Waals surface area contributed by atoms with Gasteiger partial charge < -0.3 is 4.90 Å². The fraction of sp³-hybridized carbons (Fsp3) is 0.500. The first kappa shape index (κ1) is 14.4. The van der Waals surface area contributed by atoms with Crippen molar-refractivity contribution in [2.45, 2.75) is 12.6 Å². The Morgan fingerprint density at radius 2 is 1.82 bits per heavy atom. The molecule has 0 bridgehead atoms. The Hall–Kier alpha value is -0.680. The Kier molecular flexibility index (Phi) is 5.33. The second kappa shape index (κ2) is 6.31. The molecule has 0 aliphatic rings. The molecular weight excluding hydrogens is 247 g/mol. The fourth-order valence-corrected chi connectivity index (χ4v) is 1.95. The van der Waals surface area contributed by atoms with Crippen molar-refractivity contribution in [3.8, 4) is 0 Å². The molecule has 96 valence electrons. The summed E-state index contributed by atoms with van der Waals surface area (Å²) in [4.78, 5) is 1.97. The molecule has 5 heteroatoms. The van der Waals surface area contributed by atoms with Crippen LogP contribution in [0.1, 0.15) is 11.1 Å². The molecule has 0 radical (unpaired) electrons. The summed E-state index contributed by atoms with van der Waals surface area (Å²) in [5.74, 6) is 0.706. The highest BCUT2D eigenvalue weighted by atomic mass is 32.1. The van der Waals surface area contributed by atoms with Crippen molar-refractivity contribution in [3.05, 3.63) is 35.4 Å². The summed E-state index contributed by atoms with van der Waals surface area (Å²) in [6, 6.07) is 5.73. The number of alkyl halides is 3. The maximum Gasteiger partial charge on any atom is 0.416 e. The van der Waals surface area contributed by atoms with Gasteiger partial charge in [0, 0.05) is 18.8 Å². The molecule has 0 aliphatic carbocycles. The lowest BCUT2D eigenvalue weighted by Crippen LogP contribution is -2.24. The monoisotopic (exact) mass is 263 g/mol. The van der Waals surface area contributed by atoms with E-state index in [-0.39, 0.29) is 0 Å². The third-order valence-corrected chi connectivity index (χ3v) is 2.77. The average Bonchev–Trinajstić information content (AvgIpc) is 2.26. The van der Waals surface area contributed by atoms with Crippen LogP contribution in [0.3, 0.4) is 0 Å². The third kappa shape index (κ3) is 4.60. The first-order chi connectivity index (χ1) is 7.95. The Balaban J connectivity index is 2.71. The predicted octanol–water partition coefficient (Wildman–Crippen LogP) is 3.11. The van der Waals surface area contributed by atoms with Crippen LogP contribution in [0.2, 0.25) is 0 Å². The normalized spacial score (nSPS) is 12.1. The van der Waals surface area contributed by atoms with Gasteiger partial charge in [0.15, 0.2) is 0 Å². The topological polar surface area (TPSA) is 3.24 Å². The van der Waals surface area contributed by atoms with Crippen molar-refractivity contribution in [2.24, 2.45) is 0 Å². The van der Waals surface area contributed by atoms with Crippen molar-refractivity contribution < 1.29 is 13.2 Å². The number of thiol groups is 1. The van der Waals surface area contributed by atoms with Crippen LogP contribution in [-0.2, 0) is 12.6 Å². The molecule has 1 rings (SSSR count). The van der Waals surface area contributed by atoms with E-state index in [1.807, 2.05) is 11.9 Å². The number of benzene rings is 1. The summed E-state index contributed by atoms with van der Waals surface area (Å²) >= 11 is 4.08. The van der Waals surface area contributed by atoms with E-state index in [0.29, 0.717) is 24.3 Å². The summed E-state index contributed by atoms with van der Waals surface area (Å²) in [5.41, 5.74) is -0.176. The highest BCUT2D eigenvalue weighted by Crippen LogP contribution is 2.31. The van der Waals surface area contributed by atoms with Gasteiger partial charge in [-0.3, -0.25) is 0 Å². The molecule has 1 nitrogen and oxygen atoms in total. The van der Waals surface area contributed by atoms with E-state index in [1.54, 1.807) is 6.07 Å². The van der Waals surface area contributed by atoms with Gasteiger partial charge in [-0.2, -0.15) is 25.8 Å². The highest BCUT2D eigenvalue weighted by molar-refractivity contribution is 7.80. The fourth-order valence-electron chi connectivity index (χ4n) is 1.61. The Bertz CT molecular complexity index is 352. The number of hydrogen-bond acceptors (Lipinski definition) is 2. The molecule has 0 saturated heterocycles. The average molecular weight is 263 g/mol. The smallest absolute Gasteiger partial charge is 0.305 e. The van der Waals surface area contributed by atoms with Crippen molar-refractivity contribution in [1.82, 2.24) is 4.90 Å². The number of hydrogen-bond donors (Lipinski definition) is 1. The van der Waals surface area contributed by atoms with E-state index in [1.165, 1.54) is 12.1 Å². The number of rotatable bonds is 5. The summed E-state index contributed by atoms with van der Waals surface area (Å²) in [6.45, 7) is 1.38. The summed E-state index contributed by atoms with van der Waals surface area (Å²) in [7, 11) is 1.88. The maximum absolute atomic E-state index is 12.7. The van der Waals surface area contributed by atoms with Gasteiger partial charge in [-0.05, 0) is 25.1 Å². The van der Waals surface area contributed by atoms with Gasteiger partial charge in [0.2, 0.25) is 0 Å². The van der Waals surface area contributed by atoms with Crippen LogP contribution in [0.25, 0.3) is 0 Å². The quantitative estimate of drug-likeness (QED) is 0.799. The zero-order valence-corrected chi connectivity index (χ0v) is 10.6. The van der Waals surface area contributed by atoms with E-state index < -0.39 is 11.7 Å². The lowest BCUT2D eigenvalue weighted by Gasteiger charge is -2.17. The molecule has 0 fully saturated rings. The van der Waals surface area contributed by atoms with Gasteiger partial charge >= 0.3 is 6.18 Å². The Morgan fingerprint density at radius 3 is 2.41 bits per heavy atom. The van der Waals surface area contributed by atoms with Crippen LogP contribution in [-0.4, -0.2) is 30.8 Å². The van der Waals surface area contributed by atoms with Gasteiger partial charge in [0.1, 0.15) is 0 Å². The van der Waals surface area contributed by atoms with Crippen molar-refractivity contribution in [2.75, 3.05) is 25.9 Å². The molecule has 0 aliphatic heterocycles. The summed E-state index contributed by atoms with van der Waals surface area (Å²) < 4.78 is 38.1. The predicted molar refractivity (Wildman–Crippen MR) is 66.5 cm³/mol. The van der Waals surface area contributed by atoms with Gasteiger partial charge in [0.25, 0.3) is 0 Å². The second-order valence-electron chi connectivity index (χ2n) is 3.93. The summed E-state index contributed by atoms with van der Waals surface area (Å²) in [5, 5.41) is 0. The largest absolute Gasteiger partial charge is 0.416 e. The molecule has 0 aromatic heterocycles. The molecule has 0 heterocycles. The van der Waals surface area contributed by atoms with Gasteiger partial charge in [-0.1, -0.05) is 18.2 Å². The second-order valence-corrected chi connectivity index (χ2v) is 4.38.